The van der Waals surface area contributed by atoms with Crippen LogP contribution in [-0.2, 0) is 54.5 Å². The van der Waals surface area contributed by atoms with E-state index in [0.29, 0.717) is 22.5 Å². The fourth-order valence-electron chi connectivity index (χ4n) is 10.8. The molecule has 0 spiro atoms. The normalized spacial score (nSPS) is 13.9. The van der Waals surface area contributed by atoms with Crippen LogP contribution >= 0.6 is 68.0 Å². The van der Waals surface area contributed by atoms with Gasteiger partial charge in [0.05, 0.1) is 32.3 Å². The minimum absolute atomic E-state index is 0.227. The van der Waals surface area contributed by atoms with Gasteiger partial charge < -0.3 is 10.6 Å². The lowest BCUT2D eigenvalue weighted by Crippen LogP contribution is -2.20. The molecule has 4 nitrogen and oxygen atoms in total. The second-order valence-corrected chi connectivity index (χ2v) is 25.9. The van der Waals surface area contributed by atoms with Gasteiger partial charge in [-0.2, -0.15) is 0 Å². The maximum Gasteiger partial charge on any atom is 0.258 e. The predicted molar refractivity (Wildman–Crippen MR) is 338 cm³/mol. The number of carbonyl (C=O) groups is 2. The Balaban J connectivity index is 0.00000319. The lowest BCUT2D eigenvalue weighted by atomic mass is 10.00. The number of carbonyl (C=O) groups excluding carboxylic acids is 2. The fraction of sp³-hybridized carbons (Fsp3) is 0.235. The van der Waals surface area contributed by atoms with Crippen molar-refractivity contribution < 1.29 is 9.59 Å². The van der Waals surface area contributed by atoms with Crippen molar-refractivity contribution in [3.8, 4) is 39.0 Å². The number of nitrogens with one attached hydrogen (secondary N) is 2. The summed E-state index contributed by atoms with van der Waals surface area (Å²) in [5, 5.41) is 11.0. The van der Waals surface area contributed by atoms with E-state index in [1.165, 1.54) is 83.5 Å². The van der Waals surface area contributed by atoms with Crippen LogP contribution in [0.5, 0.6) is 0 Å². The zero-order valence-electron chi connectivity index (χ0n) is 44.3. The first-order chi connectivity index (χ1) is 38.5. The highest BCUT2D eigenvalue weighted by molar-refractivity contribution is 7.27. The molecule has 6 aromatic heterocycles. The quantitative estimate of drug-likeness (QED) is 0.0710. The molecule has 3 aliphatic rings. The molecule has 0 fully saturated rings. The summed E-state index contributed by atoms with van der Waals surface area (Å²) in [6, 6.07) is 50.4. The molecule has 2 N–H and O–H groups in total. The van der Waals surface area contributed by atoms with Crippen molar-refractivity contribution in [2.75, 3.05) is 0 Å². The van der Waals surface area contributed by atoms with E-state index in [2.05, 4.69) is 179 Å². The summed E-state index contributed by atoms with van der Waals surface area (Å²) in [6.07, 6.45) is 21.5. The highest BCUT2D eigenvalue weighted by Gasteiger charge is 2.42. The molecule has 0 saturated heterocycles. The standard InChI is InChI=1S/C66H58N2O2S6.C2H6/c69-65-57-58(60(68-65)56-42-50(32-16-28-46-23-11-4-12-24-46)64(76-56)54-36-34-52(74-54)62-48(38-40-72-62)30-14-26-44-19-7-2-8-20-44)66(70)67-59(57)55-41-49(31-15-27-45-21-9-3-10-22-45)63(75-55)53-35-33-51(73-53)61-47(37-39-71-61)29-13-25-43-17-5-1-6-18-43;1-2/h1,3-7,9-12,17-24,33-42H,2,8,13-16,25-32H2,(H,67,70)(H,68,69);1-2H3. The van der Waals surface area contributed by atoms with Gasteiger partial charge in [-0.1, -0.05) is 129 Å². The van der Waals surface area contributed by atoms with Crippen LogP contribution in [0.25, 0.3) is 50.4 Å². The summed E-state index contributed by atoms with van der Waals surface area (Å²) in [5.41, 5.74) is 13.0. The lowest BCUT2D eigenvalue weighted by Gasteiger charge is -2.07. The van der Waals surface area contributed by atoms with E-state index in [0.717, 1.165) is 99.6 Å². The molecule has 3 aromatic carbocycles. The van der Waals surface area contributed by atoms with Crippen LogP contribution in [0.1, 0.15) is 107 Å². The summed E-state index contributed by atoms with van der Waals surface area (Å²) in [6.45, 7) is 4.00. The van der Waals surface area contributed by atoms with Gasteiger partial charge in [-0.05, 0) is 188 Å². The van der Waals surface area contributed by atoms with Gasteiger partial charge in [-0.3, -0.25) is 9.59 Å². The second kappa shape index (κ2) is 25.7. The van der Waals surface area contributed by atoms with Gasteiger partial charge >= 0.3 is 0 Å². The number of amides is 2. The molecule has 0 radical (unpaired) electrons. The highest BCUT2D eigenvalue weighted by atomic mass is 32.1. The van der Waals surface area contributed by atoms with Crippen LogP contribution in [0.15, 0.2) is 185 Å². The molecule has 2 amide bonds. The summed E-state index contributed by atoms with van der Waals surface area (Å²) in [5.74, 6) is -0.454. The van der Waals surface area contributed by atoms with Crippen molar-refractivity contribution >= 4 is 91.2 Å². The van der Waals surface area contributed by atoms with Crippen molar-refractivity contribution in [2.24, 2.45) is 0 Å². The molecule has 1 aliphatic carbocycles. The Kier molecular flexibility index (Phi) is 17.7. The Morgan fingerprint density at radius 3 is 1.21 bits per heavy atom. The summed E-state index contributed by atoms with van der Waals surface area (Å²) < 4.78 is 0. The minimum Gasteiger partial charge on any atom is -0.320 e. The van der Waals surface area contributed by atoms with E-state index in [1.807, 2.05) is 59.2 Å². The first kappa shape index (κ1) is 53.7. The number of thiophene rings is 6. The molecule has 8 heterocycles. The number of rotatable bonds is 22. The molecule has 10 heteroatoms. The zero-order chi connectivity index (χ0) is 53.2. The monoisotopic (exact) mass is 1130 g/mol. The minimum atomic E-state index is -0.227. The molecule has 9 aromatic rings. The molecule has 12 rings (SSSR count). The van der Waals surface area contributed by atoms with Crippen molar-refractivity contribution in [3.63, 3.8) is 0 Å². The van der Waals surface area contributed by atoms with E-state index in [4.69, 9.17) is 0 Å². The number of allylic oxidation sites excluding steroid dienone is 4. The van der Waals surface area contributed by atoms with Crippen LogP contribution in [0, 0.1) is 0 Å². The largest absolute Gasteiger partial charge is 0.320 e. The van der Waals surface area contributed by atoms with Crippen LogP contribution in [0.3, 0.4) is 0 Å². The van der Waals surface area contributed by atoms with Gasteiger partial charge in [-0.25, -0.2) is 0 Å². The Morgan fingerprint density at radius 1 is 0.397 bits per heavy atom. The molecular formula is C68H64N2O2S6. The van der Waals surface area contributed by atoms with Gasteiger partial charge in [0.15, 0.2) is 0 Å². The number of aryl methyl sites for hydroxylation is 7. The smallest absolute Gasteiger partial charge is 0.258 e. The molecule has 0 unspecified atom stereocenters. The second-order valence-electron chi connectivity index (χ2n) is 19.8. The van der Waals surface area contributed by atoms with Crippen molar-refractivity contribution in [1.82, 2.24) is 10.6 Å². The van der Waals surface area contributed by atoms with Gasteiger partial charge in [0.1, 0.15) is 0 Å². The Bertz CT molecular complexity index is 3640. The zero-order valence-corrected chi connectivity index (χ0v) is 49.2. The maximum absolute atomic E-state index is 14.4. The van der Waals surface area contributed by atoms with Crippen molar-refractivity contribution in [3.05, 3.63) is 234 Å². The first-order valence-corrected chi connectivity index (χ1v) is 32.7. The van der Waals surface area contributed by atoms with Gasteiger partial charge in [0.2, 0.25) is 0 Å². The number of hydrogen-bond donors (Lipinski definition) is 2. The highest BCUT2D eigenvalue weighted by Crippen LogP contribution is 2.49. The number of fused-ring (bicyclic) bond motifs is 1. The van der Waals surface area contributed by atoms with Crippen molar-refractivity contribution in [1.29, 1.82) is 0 Å². The predicted octanol–water partition coefficient (Wildman–Crippen LogP) is 19.3. The molecule has 0 saturated carbocycles. The maximum atomic E-state index is 14.4. The Labute approximate surface area is 484 Å². The van der Waals surface area contributed by atoms with E-state index < -0.39 is 0 Å². The third-order valence-electron chi connectivity index (χ3n) is 14.6. The topological polar surface area (TPSA) is 58.2 Å². The molecule has 2 aliphatic heterocycles. The van der Waals surface area contributed by atoms with Gasteiger partial charge in [0.25, 0.3) is 11.8 Å². The van der Waals surface area contributed by atoms with Gasteiger partial charge in [-0.15, -0.1) is 68.0 Å². The summed E-state index contributed by atoms with van der Waals surface area (Å²) in [4.78, 5) is 40.8. The molecule has 0 bridgehead atoms. The van der Waals surface area contributed by atoms with Gasteiger partial charge in [0, 0.05) is 39.0 Å². The SMILES string of the molecule is CC.O=C1NC(c2cc(CCCc3ccccc3)c(-c3ccc(-c4sccc4CCCc4ccccc4)s3)s2)=C2C(=O)NC(c3cc(CCCc4ccccc4)c(-c4ccc(-c5sccc5CCCC5=CCCC=C5)s4)s3)=C12. The Hall–Kier alpha value is -6.24. The Morgan fingerprint density at radius 2 is 0.795 bits per heavy atom. The fourth-order valence-corrected chi connectivity index (χ4v) is 17.8. The van der Waals surface area contributed by atoms with Crippen LogP contribution < -0.4 is 10.6 Å². The summed E-state index contributed by atoms with van der Waals surface area (Å²) >= 11 is 10.8. The third-order valence-corrected chi connectivity index (χ3v) is 21.8. The number of hydrogen-bond acceptors (Lipinski definition) is 8. The molecule has 0 atom stereocenters. The van der Waals surface area contributed by atoms with Crippen LogP contribution in [0.2, 0.25) is 0 Å². The summed E-state index contributed by atoms with van der Waals surface area (Å²) in [7, 11) is 0. The molecular weight excluding hydrogens is 1070 g/mol. The average Bonchev–Trinajstić information content (AvgIpc) is 4.41. The van der Waals surface area contributed by atoms with E-state index in [-0.39, 0.29) is 11.8 Å². The van der Waals surface area contributed by atoms with E-state index in [9.17, 15) is 9.59 Å². The van der Waals surface area contributed by atoms with Crippen molar-refractivity contribution in [2.45, 2.75) is 104 Å². The third kappa shape index (κ3) is 12.3. The van der Waals surface area contributed by atoms with Crippen LogP contribution in [-0.4, -0.2) is 11.8 Å². The molecule has 78 heavy (non-hydrogen) atoms. The average molecular weight is 1130 g/mol. The molecule has 394 valence electrons. The number of benzene rings is 3. The van der Waals surface area contributed by atoms with E-state index in [1.54, 1.807) is 22.7 Å². The first-order valence-electron chi connectivity index (χ1n) is 27.7. The van der Waals surface area contributed by atoms with Crippen LogP contribution in [0.4, 0.5) is 0 Å². The van der Waals surface area contributed by atoms with E-state index >= 15 is 0 Å². The lowest BCUT2D eigenvalue weighted by molar-refractivity contribution is -0.117.